The lowest BCUT2D eigenvalue weighted by Crippen LogP contribution is -1.85. The molecule has 0 amide bonds. The van der Waals surface area contributed by atoms with Crippen molar-refractivity contribution in [2.75, 3.05) is 0 Å². The van der Waals surface area contributed by atoms with Crippen LogP contribution >= 0.6 is 11.8 Å². The fourth-order valence-electron chi connectivity index (χ4n) is 0.470. The van der Waals surface area contributed by atoms with Crippen LogP contribution in [0.4, 0.5) is 0 Å². The highest BCUT2D eigenvalue weighted by Gasteiger charge is 1.97. The van der Waals surface area contributed by atoms with Crippen LogP contribution in [0.3, 0.4) is 0 Å². The number of aromatic nitrogens is 3. The van der Waals surface area contributed by atoms with Gasteiger partial charge in [-0.1, -0.05) is 11.8 Å². The maximum Gasteiger partial charge on any atom is 0.186 e. The van der Waals surface area contributed by atoms with Crippen LogP contribution in [0, 0.1) is 0 Å². The number of carbonyl (C=O) groups is 1. The number of thioether (sulfide) groups is 1. The van der Waals surface area contributed by atoms with E-state index in [0.29, 0.717) is 5.75 Å². The summed E-state index contributed by atoms with van der Waals surface area (Å²) in [6.07, 6.45) is 1.61. The Morgan fingerprint density at radius 2 is 2.70 bits per heavy atom. The summed E-state index contributed by atoms with van der Waals surface area (Å²) in [5, 5.41) is 9.95. The smallest absolute Gasteiger partial charge is 0.186 e. The van der Waals surface area contributed by atoms with Crippen LogP contribution in [-0.4, -0.2) is 20.5 Å². The Bertz CT molecular complexity index is 209. The molecule has 1 N–H and O–H groups in total. The largest absolute Gasteiger partial charge is 0.288 e. The standard InChI is InChI=1S/C5H7N3OS/c1-4(9)10-3-5-2-6-8-7-5/h2H,3H2,1H3,(H,6,7,8). The lowest BCUT2D eigenvalue weighted by atomic mass is 10.6. The van der Waals surface area contributed by atoms with Crippen LogP contribution in [-0.2, 0) is 10.5 Å². The van der Waals surface area contributed by atoms with E-state index in [1.165, 1.54) is 18.7 Å². The first-order valence-corrected chi connectivity index (χ1v) is 3.75. The second kappa shape index (κ2) is 3.36. The van der Waals surface area contributed by atoms with Crippen molar-refractivity contribution in [2.24, 2.45) is 0 Å². The first-order valence-electron chi connectivity index (χ1n) is 2.77. The van der Waals surface area contributed by atoms with Gasteiger partial charge in [0.05, 0.1) is 11.9 Å². The predicted octanol–water partition coefficient (Wildman–Crippen LogP) is 0.584. The zero-order chi connectivity index (χ0) is 7.40. The molecular formula is C5H7N3OS. The molecule has 0 aliphatic heterocycles. The van der Waals surface area contributed by atoms with Crippen LogP contribution in [0.25, 0.3) is 0 Å². The average Bonchev–Trinajstić information content (AvgIpc) is 2.34. The van der Waals surface area contributed by atoms with Gasteiger partial charge in [0.1, 0.15) is 0 Å². The van der Waals surface area contributed by atoms with E-state index in [1.54, 1.807) is 6.20 Å². The molecule has 0 aromatic carbocycles. The summed E-state index contributed by atoms with van der Waals surface area (Å²) in [7, 11) is 0. The van der Waals surface area contributed by atoms with E-state index in [9.17, 15) is 4.79 Å². The topological polar surface area (TPSA) is 58.6 Å². The minimum Gasteiger partial charge on any atom is -0.288 e. The Morgan fingerprint density at radius 3 is 3.20 bits per heavy atom. The van der Waals surface area contributed by atoms with Gasteiger partial charge in [-0.05, 0) is 0 Å². The number of carbonyl (C=O) groups excluding carboxylic acids is 1. The van der Waals surface area contributed by atoms with Gasteiger partial charge in [0, 0.05) is 12.7 Å². The molecule has 4 nitrogen and oxygen atoms in total. The van der Waals surface area contributed by atoms with Crippen LogP contribution in [0.1, 0.15) is 12.6 Å². The molecule has 0 saturated heterocycles. The first-order chi connectivity index (χ1) is 4.79. The Kier molecular flexibility index (Phi) is 2.44. The van der Waals surface area contributed by atoms with Crippen LogP contribution in [0.15, 0.2) is 6.20 Å². The highest BCUT2D eigenvalue weighted by atomic mass is 32.2. The van der Waals surface area contributed by atoms with Crippen LogP contribution in [0.2, 0.25) is 0 Å². The van der Waals surface area contributed by atoms with Gasteiger partial charge >= 0.3 is 0 Å². The van der Waals surface area contributed by atoms with Crippen LogP contribution < -0.4 is 0 Å². The van der Waals surface area contributed by atoms with E-state index in [1.807, 2.05) is 0 Å². The van der Waals surface area contributed by atoms with E-state index in [-0.39, 0.29) is 5.12 Å². The summed E-state index contributed by atoms with van der Waals surface area (Å²) in [6.45, 7) is 1.53. The minimum absolute atomic E-state index is 0.100. The Hall–Kier alpha value is -0.840. The third kappa shape index (κ3) is 2.18. The lowest BCUT2D eigenvalue weighted by molar-refractivity contribution is -0.109. The molecule has 0 atom stereocenters. The van der Waals surface area contributed by atoms with E-state index in [0.717, 1.165) is 5.69 Å². The highest BCUT2D eigenvalue weighted by molar-refractivity contribution is 8.12. The summed E-state index contributed by atoms with van der Waals surface area (Å²) in [6, 6.07) is 0. The molecular weight excluding hydrogens is 150 g/mol. The van der Waals surface area contributed by atoms with Gasteiger partial charge in [0.2, 0.25) is 0 Å². The summed E-state index contributed by atoms with van der Waals surface area (Å²) < 4.78 is 0. The number of rotatable bonds is 2. The molecule has 0 bridgehead atoms. The van der Waals surface area contributed by atoms with E-state index >= 15 is 0 Å². The number of H-pyrrole nitrogens is 1. The fourth-order valence-corrected chi connectivity index (χ4v) is 0.961. The molecule has 54 valence electrons. The Balaban J connectivity index is 2.35. The molecule has 0 aliphatic carbocycles. The molecule has 0 unspecified atom stereocenters. The summed E-state index contributed by atoms with van der Waals surface area (Å²) in [5.41, 5.74) is 0.806. The van der Waals surface area contributed by atoms with Gasteiger partial charge in [-0.3, -0.25) is 4.79 Å². The second-order valence-electron chi connectivity index (χ2n) is 1.74. The summed E-state index contributed by atoms with van der Waals surface area (Å²) in [4.78, 5) is 10.4. The first kappa shape index (κ1) is 7.27. The monoisotopic (exact) mass is 157 g/mol. The van der Waals surface area contributed by atoms with E-state index in [4.69, 9.17) is 0 Å². The van der Waals surface area contributed by atoms with Gasteiger partial charge in [-0.2, -0.15) is 15.4 Å². The minimum atomic E-state index is 0.100. The molecule has 1 heterocycles. The van der Waals surface area contributed by atoms with Crippen molar-refractivity contribution in [3.8, 4) is 0 Å². The molecule has 1 aromatic rings. The fraction of sp³-hybridized carbons (Fsp3) is 0.400. The molecule has 1 aromatic heterocycles. The highest BCUT2D eigenvalue weighted by Crippen LogP contribution is 2.07. The third-order valence-electron chi connectivity index (χ3n) is 0.888. The molecule has 0 saturated carbocycles. The SMILES string of the molecule is CC(=O)SCc1cn[nH]n1. The zero-order valence-corrected chi connectivity index (χ0v) is 6.31. The zero-order valence-electron chi connectivity index (χ0n) is 5.50. The van der Waals surface area contributed by atoms with Crippen molar-refractivity contribution >= 4 is 16.9 Å². The van der Waals surface area contributed by atoms with Gasteiger partial charge in [-0.15, -0.1) is 0 Å². The van der Waals surface area contributed by atoms with Crippen molar-refractivity contribution in [2.45, 2.75) is 12.7 Å². The van der Waals surface area contributed by atoms with Crippen molar-refractivity contribution in [3.05, 3.63) is 11.9 Å². The predicted molar refractivity (Wildman–Crippen MR) is 38.4 cm³/mol. The van der Waals surface area contributed by atoms with E-state index < -0.39 is 0 Å². The average molecular weight is 157 g/mol. The number of hydrogen-bond acceptors (Lipinski definition) is 4. The number of nitrogens with zero attached hydrogens (tertiary/aromatic N) is 2. The van der Waals surface area contributed by atoms with Crippen molar-refractivity contribution in [3.63, 3.8) is 0 Å². The van der Waals surface area contributed by atoms with E-state index in [2.05, 4.69) is 15.4 Å². The quantitative estimate of drug-likeness (QED) is 0.682. The summed E-state index contributed by atoms with van der Waals surface area (Å²) >= 11 is 1.23. The van der Waals surface area contributed by atoms with Gasteiger partial charge in [0.25, 0.3) is 0 Å². The molecule has 1 rings (SSSR count). The molecule has 5 heteroatoms. The Labute approximate surface area is 62.4 Å². The Morgan fingerprint density at radius 1 is 1.90 bits per heavy atom. The number of aromatic amines is 1. The third-order valence-corrected chi connectivity index (χ3v) is 1.73. The van der Waals surface area contributed by atoms with Crippen LogP contribution in [0.5, 0.6) is 0 Å². The maximum atomic E-state index is 10.4. The normalized spacial score (nSPS) is 9.70. The molecule has 0 fully saturated rings. The van der Waals surface area contributed by atoms with Gasteiger partial charge in [0.15, 0.2) is 5.12 Å². The van der Waals surface area contributed by atoms with Crippen molar-refractivity contribution < 1.29 is 4.79 Å². The van der Waals surface area contributed by atoms with Crippen molar-refractivity contribution in [1.29, 1.82) is 0 Å². The summed E-state index contributed by atoms with van der Waals surface area (Å²) in [5.74, 6) is 0.603. The second-order valence-corrected chi connectivity index (χ2v) is 2.89. The molecule has 0 spiro atoms. The number of hydrogen-bond donors (Lipinski definition) is 1. The van der Waals surface area contributed by atoms with Gasteiger partial charge < -0.3 is 0 Å². The number of nitrogens with one attached hydrogen (secondary N) is 1. The molecule has 0 aliphatic rings. The molecule has 0 radical (unpaired) electrons. The molecule has 10 heavy (non-hydrogen) atoms. The van der Waals surface area contributed by atoms with Crippen molar-refractivity contribution in [1.82, 2.24) is 15.4 Å². The maximum absolute atomic E-state index is 10.4. The van der Waals surface area contributed by atoms with Gasteiger partial charge in [-0.25, -0.2) is 0 Å². The lowest BCUT2D eigenvalue weighted by Gasteiger charge is -1.88.